The summed E-state index contributed by atoms with van der Waals surface area (Å²) >= 11 is 5.73. The highest BCUT2D eigenvalue weighted by Crippen LogP contribution is 2.22. The Bertz CT molecular complexity index is 596. The van der Waals surface area contributed by atoms with Gasteiger partial charge in [0, 0.05) is 6.20 Å². The normalized spacial score (nSPS) is 10.1. The number of carbonyl (C=O) groups is 2. The molecule has 0 bridgehead atoms. The van der Waals surface area contributed by atoms with Crippen molar-refractivity contribution in [2.75, 3.05) is 5.32 Å². The van der Waals surface area contributed by atoms with Gasteiger partial charge in [-0.1, -0.05) is 11.6 Å². The van der Waals surface area contributed by atoms with Crippen molar-refractivity contribution in [2.45, 2.75) is 0 Å². The lowest BCUT2D eigenvalue weighted by molar-refractivity contribution is -0.112. The predicted octanol–water partition coefficient (Wildman–Crippen LogP) is 2.63. The minimum atomic E-state index is -0.842. The molecule has 1 heterocycles. The van der Waals surface area contributed by atoms with Crippen LogP contribution in [0.4, 0.5) is 10.1 Å². The van der Waals surface area contributed by atoms with E-state index in [1.165, 1.54) is 18.3 Å². The standard InChI is InChI=1S/C12H8ClFN2O2/c13-8-6-7(14)3-4-9(8)16-12(18)11(17)10-2-1-5-15-10/h1-6,15H,(H,16,18). The molecule has 0 spiro atoms. The zero-order chi connectivity index (χ0) is 13.1. The molecular formula is C12H8ClFN2O2. The molecule has 0 aliphatic carbocycles. The average Bonchev–Trinajstić information content (AvgIpc) is 2.85. The van der Waals surface area contributed by atoms with Crippen LogP contribution >= 0.6 is 11.6 Å². The second-order valence-corrected chi connectivity index (χ2v) is 3.90. The van der Waals surface area contributed by atoms with E-state index in [4.69, 9.17) is 11.6 Å². The topological polar surface area (TPSA) is 62.0 Å². The highest BCUT2D eigenvalue weighted by Gasteiger charge is 2.17. The lowest BCUT2D eigenvalue weighted by Gasteiger charge is -2.05. The van der Waals surface area contributed by atoms with Gasteiger partial charge in [0.1, 0.15) is 5.82 Å². The molecule has 0 saturated carbocycles. The zero-order valence-corrected chi connectivity index (χ0v) is 9.79. The first-order valence-corrected chi connectivity index (χ1v) is 5.40. The highest BCUT2D eigenvalue weighted by molar-refractivity contribution is 6.47. The first-order chi connectivity index (χ1) is 8.58. The molecule has 18 heavy (non-hydrogen) atoms. The Morgan fingerprint density at radius 2 is 2.06 bits per heavy atom. The van der Waals surface area contributed by atoms with Gasteiger partial charge in [-0.2, -0.15) is 0 Å². The molecule has 0 fully saturated rings. The molecule has 1 aromatic carbocycles. The third-order valence-electron chi connectivity index (χ3n) is 2.23. The summed E-state index contributed by atoms with van der Waals surface area (Å²) in [5.41, 5.74) is 0.355. The van der Waals surface area contributed by atoms with Crippen LogP contribution < -0.4 is 5.32 Å². The molecule has 2 aromatic rings. The van der Waals surface area contributed by atoms with Crippen molar-refractivity contribution >= 4 is 29.0 Å². The number of benzene rings is 1. The molecule has 1 aromatic heterocycles. The number of halogens is 2. The van der Waals surface area contributed by atoms with E-state index < -0.39 is 17.5 Å². The van der Waals surface area contributed by atoms with Crippen LogP contribution in [0.15, 0.2) is 36.5 Å². The Balaban J connectivity index is 2.14. The van der Waals surface area contributed by atoms with Crippen molar-refractivity contribution < 1.29 is 14.0 Å². The maximum Gasteiger partial charge on any atom is 0.298 e. The Kier molecular flexibility index (Phi) is 3.43. The van der Waals surface area contributed by atoms with E-state index in [1.807, 2.05) is 0 Å². The third-order valence-corrected chi connectivity index (χ3v) is 2.54. The van der Waals surface area contributed by atoms with Gasteiger partial charge in [0.2, 0.25) is 0 Å². The van der Waals surface area contributed by atoms with Gasteiger partial charge in [-0.3, -0.25) is 9.59 Å². The van der Waals surface area contributed by atoms with Crippen molar-refractivity contribution in [2.24, 2.45) is 0 Å². The summed E-state index contributed by atoms with van der Waals surface area (Å²) in [7, 11) is 0. The van der Waals surface area contributed by atoms with Gasteiger partial charge < -0.3 is 10.3 Å². The Morgan fingerprint density at radius 1 is 1.28 bits per heavy atom. The van der Waals surface area contributed by atoms with Crippen LogP contribution in [0.3, 0.4) is 0 Å². The van der Waals surface area contributed by atoms with Gasteiger partial charge in [-0.15, -0.1) is 0 Å². The van der Waals surface area contributed by atoms with Crippen LogP contribution in [-0.4, -0.2) is 16.7 Å². The van der Waals surface area contributed by atoms with Crippen LogP contribution in [0.1, 0.15) is 10.5 Å². The van der Waals surface area contributed by atoms with Crippen molar-refractivity contribution in [1.82, 2.24) is 4.98 Å². The molecular weight excluding hydrogens is 259 g/mol. The lowest BCUT2D eigenvalue weighted by atomic mass is 10.2. The molecule has 0 aliphatic rings. The second-order valence-electron chi connectivity index (χ2n) is 3.49. The summed E-state index contributed by atoms with van der Waals surface area (Å²) in [5, 5.41) is 2.35. The quantitative estimate of drug-likeness (QED) is 0.663. The summed E-state index contributed by atoms with van der Waals surface area (Å²) in [6.45, 7) is 0. The summed E-state index contributed by atoms with van der Waals surface area (Å²) in [6.07, 6.45) is 1.53. The summed E-state index contributed by atoms with van der Waals surface area (Å²) in [4.78, 5) is 25.9. The van der Waals surface area contributed by atoms with Gasteiger partial charge in [0.15, 0.2) is 0 Å². The number of aromatic amines is 1. The van der Waals surface area contributed by atoms with E-state index in [9.17, 15) is 14.0 Å². The third kappa shape index (κ3) is 2.57. The molecule has 6 heteroatoms. The van der Waals surface area contributed by atoms with E-state index in [0.29, 0.717) is 0 Å². The maximum atomic E-state index is 12.8. The zero-order valence-electron chi connectivity index (χ0n) is 9.04. The molecule has 92 valence electrons. The number of carbonyl (C=O) groups excluding carboxylic acids is 2. The number of aromatic nitrogens is 1. The van der Waals surface area contributed by atoms with E-state index >= 15 is 0 Å². The fourth-order valence-electron chi connectivity index (χ4n) is 1.36. The van der Waals surface area contributed by atoms with Crippen molar-refractivity contribution in [3.63, 3.8) is 0 Å². The van der Waals surface area contributed by atoms with Gasteiger partial charge in [0.25, 0.3) is 11.7 Å². The van der Waals surface area contributed by atoms with Crippen LogP contribution in [-0.2, 0) is 4.79 Å². The van der Waals surface area contributed by atoms with Crippen LogP contribution in [0.2, 0.25) is 5.02 Å². The number of Topliss-reactive ketones (excluding diaryl/α,β-unsaturated/α-hetero) is 1. The maximum absolute atomic E-state index is 12.8. The molecule has 2 N–H and O–H groups in total. The second kappa shape index (κ2) is 5.01. The summed E-state index contributed by atoms with van der Waals surface area (Å²) in [5.74, 6) is -2.08. The largest absolute Gasteiger partial charge is 0.358 e. The van der Waals surface area contributed by atoms with Crippen LogP contribution in [0.25, 0.3) is 0 Å². The number of H-pyrrole nitrogens is 1. The summed E-state index contributed by atoms with van der Waals surface area (Å²) < 4.78 is 12.8. The number of hydrogen-bond acceptors (Lipinski definition) is 2. The number of rotatable bonds is 3. The molecule has 1 amide bonds. The molecule has 0 saturated heterocycles. The monoisotopic (exact) mass is 266 g/mol. The first-order valence-electron chi connectivity index (χ1n) is 5.02. The van der Waals surface area contributed by atoms with Crippen LogP contribution in [0, 0.1) is 5.82 Å². The highest BCUT2D eigenvalue weighted by atomic mass is 35.5. The fourth-order valence-corrected chi connectivity index (χ4v) is 1.58. The molecule has 2 rings (SSSR count). The van der Waals surface area contributed by atoms with E-state index in [-0.39, 0.29) is 16.4 Å². The average molecular weight is 267 g/mol. The fraction of sp³-hybridized carbons (Fsp3) is 0. The minimum absolute atomic E-state index is 0.0302. The number of ketones is 1. The summed E-state index contributed by atoms with van der Waals surface area (Å²) in [6, 6.07) is 6.56. The molecule has 0 aliphatic heterocycles. The Labute approximate surface area is 107 Å². The minimum Gasteiger partial charge on any atom is -0.358 e. The SMILES string of the molecule is O=C(Nc1ccc(F)cc1Cl)C(=O)c1ccc[nH]1. The van der Waals surface area contributed by atoms with Gasteiger partial charge >= 0.3 is 0 Å². The predicted molar refractivity (Wildman–Crippen MR) is 65.2 cm³/mol. The smallest absolute Gasteiger partial charge is 0.298 e. The number of anilines is 1. The van der Waals surface area contributed by atoms with Crippen molar-refractivity contribution in [3.05, 3.63) is 53.1 Å². The van der Waals surface area contributed by atoms with Crippen molar-refractivity contribution in [3.8, 4) is 0 Å². The lowest BCUT2D eigenvalue weighted by Crippen LogP contribution is -2.23. The molecule has 4 nitrogen and oxygen atoms in total. The molecule has 0 atom stereocenters. The number of amides is 1. The van der Waals surface area contributed by atoms with Gasteiger partial charge in [0.05, 0.1) is 16.4 Å². The number of nitrogens with one attached hydrogen (secondary N) is 2. The number of hydrogen-bond donors (Lipinski definition) is 2. The van der Waals surface area contributed by atoms with Gasteiger partial charge in [-0.05, 0) is 30.3 Å². The Hall–Kier alpha value is -2.14. The first kappa shape index (κ1) is 12.3. The van der Waals surface area contributed by atoms with Crippen LogP contribution in [0.5, 0.6) is 0 Å². The Morgan fingerprint density at radius 3 is 2.67 bits per heavy atom. The molecule has 0 unspecified atom stereocenters. The van der Waals surface area contributed by atoms with E-state index in [0.717, 1.165) is 12.1 Å². The van der Waals surface area contributed by atoms with Gasteiger partial charge in [-0.25, -0.2) is 4.39 Å². The van der Waals surface area contributed by atoms with Crippen molar-refractivity contribution in [1.29, 1.82) is 0 Å². The van der Waals surface area contributed by atoms with E-state index in [2.05, 4.69) is 10.3 Å². The van der Waals surface area contributed by atoms with E-state index in [1.54, 1.807) is 6.07 Å². The molecule has 0 radical (unpaired) electrons.